The van der Waals surface area contributed by atoms with E-state index in [0.717, 1.165) is 26.2 Å². The summed E-state index contributed by atoms with van der Waals surface area (Å²) < 4.78 is 5.45. The zero-order valence-electron chi connectivity index (χ0n) is 11.9. The third kappa shape index (κ3) is 3.31. The Bertz CT molecular complexity index is 389. The molecule has 1 saturated heterocycles. The van der Waals surface area contributed by atoms with Crippen molar-refractivity contribution >= 4 is 11.3 Å². The first-order chi connectivity index (χ1) is 8.50. The standard InChI is InChI=1S/C14H24N2OS/c1-14(2,3)13-11(8-15-4)18-12(16-13)7-10-5-6-17-9-10/h10,15H,5-9H2,1-4H3. The van der Waals surface area contributed by atoms with Crippen molar-refractivity contribution < 1.29 is 4.74 Å². The van der Waals surface area contributed by atoms with Crippen LogP contribution < -0.4 is 5.32 Å². The zero-order chi connectivity index (χ0) is 13.2. The Kier molecular flexibility index (Phi) is 4.41. The van der Waals surface area contributed by atoms with Gasteiger partial charge in [-0.2, -0.15) is 0 Å². The third-order valence-electron chi connectivity index (χ3n) is 3.28. The van der Waals surface area contributed by atoms with Crippen LogP contribution in [0.3, 0.4) is 0 Å². The highest BCUT2D eigenvalue weighted by molar-refractivity contribution is 7.11. The summed E-state index contributed by atoms with van der Waals surface area (Å²) in [6, 6.07) is 0. The third-order valence-corrected chi connectivity index (χ3v) is 4.35. The molecule has 1 aliphatic rings. The molecule has 0 bridgehead atoms. The number of nitrogens with one attached hydrogen (secondary N) is 1. The van der Waals surface area contributed by atoms with Gasteiger partial charge in [0.1, 0.15) is 0 Å². The Morgan fingerprint density at radius 2 is 2.22 bits per heavy atom. The molecule has 0 amide bonds. The molecule has 1 aromatic rings. The van der Waals surface area contributed by atoms with Gasteiger partial charge in [-0.05, 0) is 19.4 Å². The summed E-state index contributed by atoms with van der Waals surface area (Å²) in [5, 5.41) is 4.53. The van der Waals surface area contributed by atoms with Gasteiger partial charge in [0.05, 0.1) is 10.7 Å². The van der Waals surface area contributed by atoms with E-state index in [1.54, 1.807) is 0 Å². The molecule has 1 atom stereocenters. The molecule has 18 heavy (non-hydrogen) atoms. The van der Waals surface area contributed by atoms with Gasteiger partial charge in [0.25, 0.3) is 0 Å². The molecule has 1 aromatic heterocycles. The summed E-state index contributed by atoms with van der Waals surface area (Å²) in [7, 11) is 2.00. The highest BCUT2D eigenvalue weighted by Gasteiger charge is 2.24. The Hall–Kier alpha value is -0.450. The molecule has 4 heteroatoms. The van der Waals surface area contributed by atoms with Crippen LogP contribution >= 0.6 is 11.3 Å². The van der Waals surface area contributed by atoms with Crippen LogP contribution in [-0.4, -0.2) is 25.2 Å². The zero-order valence-corrected chi connectivity index (χ0v) is 12.7. The SMILES string of the molecule is CNCc1sc(CC2CCOC2)nc1C(C)(C)C. The molecular formula is C14H24N2OS. The average molecular weight is 268 g/mol. The van der Waals surface area contributed by atoms with Crippen LogP contribution in [0, 0.1) is 5.92 Å². The van der Waals surface area contributed by atoms with Gasteiger partial charge in [0, 0.05) is 36.5 Å². The molecule has 3 nitrogen and oxygen atoms in total. The summed E-state index contributed by atoms with van der Waals surface area (Å²) in [4.78, 5) is 6.27. The first-order valence-corrected chi connectivity index (χ1v) is 7.53. The monoisotopic (exact) mass is 268 g/mol. The minimum atomic E-state index is 0.132. The summed E-state index contributed by atoms with van der Waals surface area (Å²) in [5.41, 5.74) is 1.39. The normalized spacial score (nSPS) is 20.6. The minimum Gasteiger partial charge on any atom is -0.381 e. The fraction of sp³-hybridized carbons (Fsp3) is 0.786. The second-order valence-electron chi connectivity index (χ2n) is 6.09. The lowest BCUT2D eigenvalue weighted by molar-refractivity contribution is 0.186. The first-order valence-electron chi connectivity index (χ1n) is 6.72. The molecule has 2 heterocycles. The van der Waals surface area contributed by atoms with Crippen molar-refractivity contribution in [3.8, 4) is 0 Å². The first kappa shape index (κ1) is 14.0. The van der Waals surface area contributed by atoms with Crippen molar-refractivity contribution in [2.75, 3.05) is 20.3 Å². The predicted molar refractivity (Wildman–Crippen MR) is 76.2 cm³/mol. The topological polar surface area (TPSA) is 34.1 Å². The Morgan fingerprint density at radius 1 is 1.44 bits per heavy atom. The number of hydrogen-bond donors (Lipinski definition) is 1. The lowest BCUT2D eigenvalue weighted by atomic mass is 9.91. The fourth-order valence-corrected chi connectivity index (χ4v) is 3.75. The Labute approximate surface area is 114 Å². The van der Waals surface area contributed by atoms with E-state index in [1.165, 1.54) is 22.0 Å². The van der Waals surface area contributed by atoms with Crippen LogP contribution in [-0.2, 0) is 23.1 Å². The quantitative estimate of drug-likeness (QED) is 0.911. The van der Waals surface area contributed by atoms with Crippen LogP contribution in [0.2, 0.25) is 0 Å². The van der Waals surface area contributed by atoms with Crippen LogP contribution in [0.15, 0.2) is 0 Å². The molecule has 0 aliphatic carbocycles. The second kappa shape index (κ2) is 5.68. The smallest absolute Gasteiger partial charge is 0.0935 e. The van der Waals surface area contributed by atoms with Crippen molar-refractivity contribution in [2.24, 2.45) is 5.92 Å². The van der Waals surface area contributed by atoms with Crippen LogP contribution in [0.5, 0.6) is 0 Å². The molecule has 1 aliphatic heterocycles. The molecule has 0 aromatic carbocycles. The average Bonchev–Trinajstić information content (AvgIpc) is 2.88. The van der Waals surface area contributed by atoms with E-state index in [0.29, 0.717) is 5.92 Å². The van der Waals surface area contributed by atoms with E-state index in [9.17, 15) is 0 Å². The molecule has 1 fully saturated rings. The number of thiazole rings is 1. The maximum Gasteiger partial charge on any atom is 0.0935 e. The van der Waals surface area contributed by atoms with Gasteiger partial charge in [-0.1, -0.05) is 20.8 Å². The van der Waals surface area contributed by atoms with Gasteiger partial charge in [0.2, 0.25) is 0 Å². The van der Waals surface area contributed by atoms with Gasteiger partial charge in [-0.3, -0.25) is 0 Å². The molecule has 1 unspecified atom stereocenters. The maximum atomic E-state index is 5.45. The van der Waals surface area contributed by atoms with E-state index < -0.39 is 0 Å². The highest BCUT2D eigenvalue weighted by Crippen LogP contribution is 2.31. The van der Waals surface area contributed by atoms with Crippen molar-refractivity contribution in [3.05, 3.63) is 15.6 Å². The molecule has 1 N–H and O–H groups in total. The summed E-state index contributed by atoms with van der Waals surface area (Å²) in [5.74, 6) is 0.673. The molecular weight excluding hydrogens is 244 g/mol. The van der Waals surface area contributed by atoms with Crippen LogP contribution in [0.4, 0.5) is 0 Å². The van der Waals surface area contributed by atoms with E-state index in [1.807, 2.05) is 18.4 Å². The van der Waals surface area contributed by atoms with Crippen molar-refractivity contribution in [1.29, 1.82) is 0 Å². The van der Waals surface area contributed by atoms with E-state index in [2.05, 4.69) is 26.1 Å². The second-order valence-corrected chi connectivity index (χ2v) is 7.26. The largest absolute Gasteiger partial charge is 0.381 e. The number of aromatic nitrogens is 1. The van der Waals surface area contributed by atoms with Gasteiger partial charge < -0.3 is 10.1 Å². The van der Waals surface area contributed by atoms with Gasteiger partial charge in [0.15, 0.2) is 0 Å². The molecule has 2 rings (SSSR count). The molecule has 0 radical (unpaired) electrons. The number of nitrogens with zero attached hydrogens (tertiary/aromatic N) is 1. The summed E-state index contributed by atoms with van der Waals surface area (Å²) >= 11 is 1.87. The highest BCUT2D eigenvalue weighted by atomic mass is 32.1. The van der Waals surface area contributed by atoms with Crippen molar-refractivity contribution in [1.82, 2.24) is 10.3 Å². The van der Waals surface area contributed by atoms with Crippen LogP contribution in [0.1, 0.15) is 42.8 Å². The number of hydrogen-bond acceptors (Lipinski definition) is 4. The van der Waals surface area contributed by atoms with E-state index >= 15 is 0 Å². The van der Waals surface area contributed by atoms with Crippen molar-refractivity contribution in [3.63, 3.8) is 0 Å². The van der Waals surface area contributed by atoms with Gasteiger partial charge in [-0.25, -0.2) is 4.98 Å². The summed E-state index contributed by atoms with van der Waals surface area (Å²) in [6.07, 6.45) is 2.27. The van der Waals surface area contributed by atoms with Gasteiger partial charge in [-0.15, -0.1) is 11.3 Å². The van der Waals surface area contributed by atoms with E-state index in [-0.39, 0.29) is 5.41 Å². The Balaban J connectivity index is 2.16. The van der Waals surface area contributed by atoms with Gasteiger partial charge >= 0.3 is 0 Å². The van der Waals surface area contributed by atoms with Crippen molar-refractivity contribution in [2.45, 2.75) is 45.6 Å². The molecule has 102 valence electrons. The molecule has 0 saturated carbocycles. The fourth-order valence-electron chi connectivity index (χ4n) is 2.35. The van der Waals surface area contributed by atoms with Crippen LogP contribution in [0.25, 0.3) is 0 Å². The molecule has 0 spiro atoms. The number of ether oxygens (including phenoxy) is 1. The summed E-state index contributed by atoms with van der Waals surface area (Å²) in [6.45, 7) is 9.47. The van der Waals surface area contributed by atoms with E-state index in [4.69, 9.17) is 9.72 Å². The predicted octanol–water partition coefficient (Wildman–Crippen LogP) is 2.74. The Morgan fingerprint density at radius 3 is 2.78 bits per heavy atom. The number of rotatable bonds is 4. The minimum absolute atomic E-state index is 0.132. The lowest BCUT2D eigenvalue weighted by Crippen LogP contribution is -2.16. The maximum absolute atomic E-state index is 5.45. The lowest BCUT2D eigenvalue weighted by Gasteiger charge is -2.17.